The van der Waals surface area contributed by atoms with E-state index in [1.807, 2.05) is 72.8 Å². The number of carbonyl (C=O) groups is 2. The molecule has 1 aliphatic heterocycles. The lowest BCUT2D eigenvalue weighted by Crippen LogP contribution is -2.28. The van der Waals surface area contributed by atoms with Gasteiger partial charge in [0.1, 0.15) is 12.4 Å². The number of halogens is 1. The lowest BCUT2D eigenvalue weighted by Gasteiger charge is -2.16. The van der Waals surface area contributed by atoms with Crippen LogP contribution < -0.4 is 4.74 Å². The number of ether oxygens (including phenoxy) is 1. The first kappa shape index (κ1) is 28.7. The van der Waals surface area contributed by atoms with E-state index in [0.717, 1.165) is 31.7 Å². The van der Waals surface area contributed by atoms with Crippen LogP contribution in [-0.4, -0.2) is 27.1 Å². The molecule has 0 unspecified atom stereocenters. The van der Waals surface area contributed by atoms with Crippen molar-refractivity contribution in [3.05, 3.63) is 146 Å². The van der Waals surface area contributed by atoms with Crippen LogP contribution in [-0.2, 0) is 17.9 Å². The van der Waals surface area contributed by atoms with E-state index < -0.39 is 5.97 Å². The first-order valence-corrected chi connectivity index (χ1v) is 15.4. The summed E-state index contributed by atoms with van der Waals surface area (Å²) in [6.07, 6.45) is 1.87. The van der Waals surface area contributed by atoms with E-state index in [-0.39, 0.29) is 18.0 Å². The third kappa shape index (κ3) is 6.65. The molecular formula is C35H25IN2O4S. The molecule has 0 spiro atoms. The molecule has 1 fully saturated rings. The quantitative estimate of drug-likeness (QED) is 0.130. The lowest BCUT2D eigenvalue weighted by atomic mass is 10.1. The fourth-order valence-corrected chi connectivity index (χ4v) is 6.42. The number of nitrogens with zero attached hydrogens (tertiary/aromatic N) is 2. The third-order valence-corrected chi connectivity index (χ3v) is 8.78. The van der Waals surface area contributed by atoms with Crippen LogP contribution in [0.1, 0.15) is 27.0 Å². The molecule has 212 valence electrons. The number of amides is 1. The van der Waals surface area contributed by atoms with E-state index in [9.17, 15) is 14.7 Å². The van der Waals surface area contributed by atoms with E-state index in [1.54, 1.807) is 29.2 Å². The van der Waals surface area contributed by atoms with Crippen LogP contribution in [0.3, 0.4) is 0 Å². The minimum atomic E-state index is -0.990. The molecule has 0 saturated carbocycles. The molecule has 6 rings (SSSR count). The zero-order valence-corrected chi connectivity index (χ0v) is 25.8. The molecule has 1 amide bonds. The zero-order chi connectivity index (χ0) is 29.8. The van der Waals surface area contributed by atoms with Crippen molar-refractivity contribution in [3.8, 4) is 5.75 Å². The van der Waals surface area contributed by atoms with Gasteiger partial charge in [-0.25, -0.2) is 9.79 Å². The van der Waals surface area contributed by atoms with Gasteiger partial charge < -0.3 is 9.84 Å². The van der Waals surface area contributed by atoms with Crippen LogP contribution in [0.4, 0.5) is 5.69 Å². The van der Waals surface area contributed by atoms with Gasteiger partial charge in [-0.2, -0.15) is 0 Å². The van der Waals surface area contributed by atoms with Crippen LogP contribution in [0.5, 0.6) is 5.75 Å². The summed E-state index contributed by atoms with van der Waals surface area (Å²) in [6.45, 7) is 0.723. The number of para-hydroxylation sites is 1. The van der Waals surface area contributed by atoms with Crippen molar-refractivity contribution in [3.63, 3.8) is 0 Å². The maximum Gasteiger partial charge on any atom is 0.335 e. The molecule has 1 heterocycles. The van der Waals surface area contributed by atoms with E-state index in [2.05, 4.69) is 46.9 Å². The van der Waals surface area contributed by atoms with Gasteiger partial charge in [0, 0.05) is 0 Å². The Morgan fingerprint density at radius 3 is 2.42 bits per heavy atom. The Labute approximate surface area is 266 Å². The molecule has 6 nitrogen and oxygen atoms in total. The molecule has 0 bridgehead atoms. The highest BCUT2D eigenvalue weighted by Gasteiger charge is 2.33. The second-order valence-corrected chi connectivity index (χ2v) is 12.0. The number of hydrogen-bond donors (Lipinski definition) is 1. The highest BCUT2D eigenvalue weighted by Crippen LogP contribution is 2.36. The van der Waals surface area contributed by atoms with Crippen molar-refractivity contribution >= 4 is 73.9 Å². The largest absolute Gasteiger partial charge is 0.488 e. The van der Waals surface area contributed by atoms with Crippen molar-refractivity contribution in [2.45, 2.75) is 13.2 Å². The number of rotatable bonds is 8. The van der Waals surface area contributed by atoms with Gasteiger partial charge in [-0.3, -0.25) is 9.69 Å². The molecule has 0 aromatic heterocycles. The molecule has 0 atom stereocenters. The second-order valence-electron chi connectivity index (χ2n) is 9.85. The summed E-state index contributed by atoms with van der Waals surface area (Å²) in [5, 5.41) is 12.2. The third-order valence-electron chi connectivity index (χ3n) is 6.93. The number of amidine groups is 1. The number of thioether (sulfide) groups is 1. The number of benzene rings is 5. The average molecular weight is 697 g/mol. The van der Waals surface area contributed by atoms with Crippen molar-refractivity contribution in [2.24, 2.45) is 4.99 Å². The minimum absolute atomic E-state index is 0.159. The Hall–Kier alpha value is -4.41. The Kier molecular flexibility index (Phi) is 8.57. The summed E-state index contributed by atoms with van der Waals surface area (Å²) in [5.41, 5.74) is 3.75. The number of aromatic carboxylic acids is 1. The van der Waals surface area contributed by atoms with E-state index in [1.165, 1.54) is 22.5 Å². The smallest absolute Gasteiger partial charge is 0.335 e. The number of fused-ring (bicyclic) bond motifs is 1. The van der Waals surface area contributed by atoms with E-state index in [4.69, 9.17) is 9.73 Å². The SMILES string of the molecule is O=C(O)c1ccc(CN2C(=O)/C(=C/c3ccc(OCc4cccc5ccccc45)c(I)c3)SC2=Nc2ccccc2)cc1. The summed E-state index contributed by atoms with van der Waals surface area (Å²) in [7, 11) is 0. The predicted octanol–water partition coefficient (Wildman–Crippen LogP) is 8.53. The monoisotopic (exact) mass is 696 g/mol. The fourth-order valence-electron chi connectivity index (χ4n) is 4.73. The summed E-state index contributed by atoms with van der Waals surface area (Å²) < 4.78 is 7.14. The number of carboxylic acids is 1. The lowest BCUT2D eigenvalue weighted by molar-refractivity contribution is -0.122. The number of hydrogen-bond acceptors (Lipinski definition) is 5. The van der Waals surface area contributed by atoms with Crippen molar-refractivity contribution in [2.75, 3.05) is 0 Å². The molecule has 0 radical (unpaired) electrons. The molecule has 43 heavy (non-hydrogen) atoms. The van der Waals surface area contributed by atoms with Crippen molar-refractivity contribution in [1.29, 1.82) is 0 Å². The molecular weight excluding hydrogens is 671 g/mol. The summed E-state index contributed by atoms with van der Waals surface area (Å²) in [4.78, 5) is 31.9. The molecule has 1 N–H and O–H groups in total. The van der Waals surface area contributed by atoms with Gasteiger partial charge >= 0.3 is 5.97 Å². The number of carbonyl (C=O) groups excluding carboxylic acids is 1. The molecule has 5 aromatic carbocycles. The van der Waals surface area contributed by atoms with Gasteiger partial charge in [0.15, 0.2) is 5.17 Å². The van der Waals surface area contributed by atoms with E-state index in [0.29, 0.717) is 16.7 Å². The van der Waals surface area contributed by atoms with E-state index >= 15 is 0 Å². The fraction of sp³-hybridized carbons (Fsp3) is 0.0571. The Morgan fingerprint density at radius 1 is 0.907 bits per heavy atom. The standard InChI is InChI=1S/C35H25IN2O4S/c36-30-19-24(15-18-31(30)42-22-27-9-6-8-25-7-4-5-12-29(25)27)20-32-33(39)38(21-23-13-16-26(17-14-23)34(40)41)35(43-32)37-28-10-2-1-3-11-28/h1-20H,21-22H2,(H,40,41)/b32-20-,37-35?. The molecule has 8 heteroatoms. The molecule has 5 aromatic rings. The zero-order valence-electron chi connectivity index (χ0n) is 22.8. The predicted molar refractivity (Wildman–Crippen MR) is 180 cm³/mol. The molecule has 0 aliphatic carbocycles. The van der Waals surface area contributed by atoms with Gasteiger partial charge in [0.25, 0.3) is 5.91 Å². The topological polar surface area (TPSA) is 79.2 Å². The van der Waals surface area contributed by atoms with Crippen LogP contribution in [0.25, 0.3) is 16.8 Å². The number of aliphatic imine (C=N–C) groups is 1. The minimum Gasteiger partial charge on any atom is -0.488 e. The van der Waals surface area contributed by atoms with Crippen molar-refractivity contribution in [1.82, 2.24) is 4.90 Å². The maximum atomic E-state index is 13.6. The average Bonchev–Trinajstić information content (AvgIpc) is 3.30. The number of carboxylic acid groups (broad SMARTS) is 1. The van der Waals surface area contributed by atoms with Gasteiger partial charge in [0.05, 0.1) is 26.3 Å². The normalized spacial score (nSPS) is 15.0. The second kappa shape index (κ2) is 12.8. The maximum absolute atomic E-state index is 13.6. The molecule has 1 aliphatic rings. The summed E-state index contributed by atoms with van der Waals surface area (Å²) in [6, 6.07) is 36.4. The molecule has 1 saturated heterocycles. The van der Waals surface area contributed by atoms with Gasteiger partial charge in [-0.1, -0.05) is 78.9 Å². The Bertz CT molecular complexity index is 1880. The van der Waals surface area contributed by atoms with Crippen molar-refractivity contribution < 1.29 is 19.4 Å². The van der Waals surface area contributed by atoms with Gasteiger partial charge in [-0.05, 0) is 104 Å². The first-order valence-electron chi connectivity index (χ1n) is 13.5. The summed E-state index contributed by atoms with van der Waals surface area (Å²) >= 11 is 3.58. The van der Waals surface area contributed by atoms with Crippen LogP contribution in [0, 0.1) is 3.57 Å². The van der Waals surface area contributed by atoms with Gasteiger partial charge in [-0.15, -0.1) is 0 Å². The van der Waals surface area contributed by atoms with Crippen LogP contribution >= 0.6 is 34.4 Å². The summed E-state index contributed by atoms with van der Waals surface area (Å²) in [5.74, 6) is -0.373. The highest BCUT2D eigenvalue weighted by atomic mass is 127. The first-order chi connectivity index (χ1) is 20.9. The Balaban J connectivity index is 1.23. The van der Waals surface area contributed by atoms with Crippen LogP contribution in [0.15, 0.2) is 125 Å². The van der Waals surface area contributed by atoms with Gasteiger partial charge in [0.2, 0.25) is 0 Å². The Morgan fingerprint density at radius 2 is 1.65 bits per heavy atom. The highest BCUT2D eigenvalue weighted by molar-refractivity contribution is 14.1. The van der Waals surface area contributed by atoms with Crippen LogP contribution in [0.2, 0.25) is 0 Å².